The molecular formula is C18H24N4O5S. The molecule has 3 rings (SSSR count). The number of imide groups is 1. The largest absolute Gasteiger partial charge is 0.344 e. The molecule has 0 aromatic heterocycles. The van der Waals surface area contributed by atoms with Crippen LogP contribution in [-0.2, 0) is 14.8 Å². The van der Waals surface area contributed by atoms with Gasteiger partial charge >= 0.3 is 6.03 Å². The number of carbonyl (C=O) groups excluding carboxylic acids is 3. The summed E-state index contributed by atoms with van der Waals surface area (Å²) >= 11 is 0. The van der Waals surface area contributed by atoms with Crippen LogP contribution in [0.5, 0.6) is 0 Å². The molecule has 1 saturated carbocycles. The van der Waals surface area contributed by atoms with E-state index in [1.807, 2.05) is 0 Å². The lowest BCUT2D eigenvalue weighted by Crippen LogP contribution is -2.51. The number of benzene rings is 1. The van der Waals surface area contributed by atoms with Crippen LogP contribution in [0, 0.1) is 13.8 Å². The Bertz CT molecular complexity index is 951. The van der Waals surface area contributed by atoms with Gasteiger partial charge in [0.1, 0.15) is 5.54 Å². The molecule has 2 aliphatic rings. The van der Waals surface area contributed by atoms with Crippen LogP contribution in [0.1, 0.15) is 53.6 Å². The summed E-state index contributed by atoms with van der Waals surface area (Å²) in [6, 6.07) is 2.08. The van der Waals surface area contributed by atoms with Gasteiger partial charge in [0.25, 0.3) is 11.8 Å². The van der Waals surface area contributed by atoms with E-state index in [1.165, 1.54) is 19.2 Å². The smallest absolute Gasteiger partial charge is 0.322 e. The summed E-state index contributed by atoms with van der Waals surface area (Å²) in [6.07, 6.45) is 3.74. The molecule has 28 heavy (non-hydrogen) atoms. The number of sulfonamides is 1. The lowest BCUT2D eigenvalue weighted by atomic mass is 9.82. The van der Waals surface area contributed by atoms with E-state index < -0.39 is 33.4 Å². The first kappa shape index (κ1) is 20.3. The van der Waals surface area contributed by atoms with Crippen molar-refractivity contribution in [2.75, 3.05) is 7.05 Å². The molecule has 1 heterocycles. The van der Waals surface area contributed by atoms with Crippen molar-refractivity contribution < 1.29 is 22.8 Å². The normalized spacial score (nSPS) is 19.0. The summed E-state index contributed by atoms with van der Waals surface area (Å²) in [6.45, 7) is 3.33. The van der Waals surface area contributed by atoms with Gasteiger partial charge in [-0.15, -0.1) is 0 Å². The van der Waals surface area contributed by atoms with Crippen molar-refractivity contribution in [2.24, 2.45) is 0 Å². The van der Waals surface area contributed by atoms with Crippen LogP contribution in [0.2, 0.25) is 0 Å². The van der Waals surface area contributed by atoms with Gasteiger partial charge in [-0.2, -0.15) is 5.01 Å². The molecule has 1 aliphatic carbocycles. The highest BCUT2D eigenvalue weighted by atomic mass is 32.2. The fourth-order valence-electron chi connectivity index (χ4n) is 3.73. The van der Waals surface area contributed by atoms with Gasteiger partial charge in [0.05, 0.1) is 4.90 Å². The van der Waals surface area contributed by atoms with Crippen LogP contribution in [-0.4, -0.2) is 43.9 Å². The average molecular weight is 408 g/mol. The Morgan fingerprint density at radius 1 is 1.14 bits per heavy atom. The monoisotopic (exact) mass is 408 g/mol. The van der Waals surface area contributed by atoms with E-state index in [4.69, 9.17) is 0 Å². The molecule has 0 atom stereocenters. The predicted molar refractivity (Wildman–Crippen MR) is 101 cm³/mol. The van der Waals surface area contributed by atoms with E-state index in [-0.39, 0.29) is 10.5 Å². The van der Waals surface area contributed by atoms with Gasteiger partial charge in [-0.25, -0.2) is 17.9 Å². The Kier molecular flexibility index (Phi) is 5.20. The Hall–Kier alpha value is -2.46. The lowest BCUT2D eigenvalue weighted by Gasteiger charge is -2.30. The highest BCUT2D eigenvalue weighted by molar-refractivity contribution is 7.89. The van der Waals surface area contributed by atoms with Crippen molar-refractivity contribution in [3.05, 3.63) is 28.8 Å². The molecule has 9 nitrogen and oxygen atoms in total. The number of carbonyl (C=O) groups is 3. The third kappa shape index (κ3) is 3.37. The zero-order valence-corrected chi connectivity index (χ0v) is 16.9. The molecule has 0 bridgehead atoms. The maximum atomic E-state index is 12.8. The summed E-state index contributed by atoms with van der Waals surface area (Å²) in [5.74, 6) is -1.20. The minimum atomic E-state index is -3.77. The zero-order chi connectivity index (χ0) is 20.7. The second-order valence-corrected chi connectivity index (χ2v) is 9.13. The third-order valence-corrected chi connectivity index (χ3v) is 7.06. The van der Waals surface area contributed by atoms with Crippen molar-refractivity contribution in [1.29, 1.82) is 0 Å². The van der Waals surface area contributed by atoms with E-state index in [1.54, 1.807) is 13.8 Å². The van der Waals surface area contributed by atoms with Crippen molar-refractivity contribution in [3.8, 4) is 0 Å². The number of urea groups is 1. The molecule has 1 spiro atoms. The Balaban J connectivity index is 1.88. The number of amides is 4. The number of nitrogens with zero attached hydrogens (tertiary/aromatic N) is 1. The summed E-state index contributed by atoms with van der Waals surface area (Å²) in [5.41, 5.74) is 2.53. The summed E-state index contributed by atoms with van der Waals surface area (Å²) in [7, 11) is -2.48. The molecule has 1 aromatic carbocycles. The summed E-state index contributed by atoms with van der Waals surface area (Å²) in [4.78, 5) is 37.7. The molecule has 0 unspecified atom stereocenters. The quantitative estimate of drug-likeness (QED) is 0.644. The molecule has 2 fully saturated rings. The van der Waals surface area contributed by atoms with Gasteiger partial charge in [-0.1, -0.05) is 19.3 Å². The highest BCUT2D eigenvalue weighted by Gasteiger charge is 2.52. The minimum absolute atomic E-state index is 0.0268. The molecule has 4 amide bonds. The second kappa shape index (κ2) is 7.17. The molecule has 10 heteroatoms. The molecule has 1 saturated heterocycles. The molecule has 3 N–H and O–H groups in total. The average Bonchev–Trinajstić information content (AvgIpc) is 2.88. The van der Waals surface area contributed by atoms with Gasteiger partial charge in [0.15, 0.2) is 0 Å². The minimum Gasteiger partial charge on any atom is -0.322 e. The van der Waals surface area contributed by atoms with Crippen LogP contribution >= 0.6 is 0 Å². The molecule has 1 aliphatic heterocycles. The predicted octanol–water partition coefficient (Wildman–Crippen LogP) is 1.11. The number of hydrogen-bond acceptors (Lipinski definition) is 5. The maximum absolute atomic E-state index is 12.8. The number of hydrazine groups is 1. The van der Waals surface area contributed by atoms with Gasteiger partial charge < -0.3 is 5.32 Å². The van der Waals surface area contributed by atoms with Gasteiger partial charge in [0.2, 0.25) is 10.0 Å². The van der Waals surface area contributed by atoms with Gasteiger partial charge in [0, 0.05) is 5.56 Å². The van der Waals surface area contributed by atoms with E-state index in [9.17, 15) is 22.8 Å². The van der Waals surface area contributed by atoms with Crippen LogP contribution in [0.15, 0.2) is 17.0 Å². The molecule has 152 valence electrons. The molecule has 0 radical (unpaired) electrons. The number of nitrogens with one attached hydrogen (secondary N) is 3. The fourth-order valence-corrected chi connectivity index (χ4v) is 4.80. The van der Waals surface area contributed by atoms with Crippen molar-refractivity contribution in [2.45, 2.75) is 56.4 Å². The zero-order valence-electron chi connectivity index (χ0n) is 16.1. The summed E-state index contributed by atoms with van der Waals surface area (Å²) in [5, 5.41) is 3.41. The maximum Gasteiger partial charge on any atom is 0.344 e. The number of hydrogen-bond donors (Lipinski definition) is 3. The third-order valence-electron chi connectivity index (χ3n) is 5.52. The van der Waals surface area contributed by atoms with Crippen molar-refractivity contribution >= 4 is 27.9 Å². The molecular weight excluding hydrogens is 384 g/mol. The number of aryl methyl sites for hydroxylation is 1. The standard InChI is InChI=1S/C18H24N4O5S/c1-11-9-13(10-14(12(11)2)28(26,27)19-3)15(23)21-22-16(24)18(20-17(22)25)7-5-4-6-8-18/h9-10,19H,4-8H2,1-3H3,(H,20,25)(H,21,23). The van der Waals surface area contributed by atoms with E-state index >= 15 is 0 Å². The Morgan fingerprint density at radius 2 is 1.79 bits per heavy atom. The number of rotatable bonds is 4. The SMILES string of the molecule is CNS(=O)(=O)c1cc(C(=O)NN2C(=O)NC3(CCCCC3)C2=O)cc(C)c1C. The molecule has 1 aromatic rings. The fraction of sp³-hybridized carbons (Fsp3) is 0.500. The van der Waals surface area contributed by atoms with Crippen LogP contribution in [0.4, 0.5) is 4.79 Å². The first-order valence-electron chi connectivity index (χ1n) is 9.14. The van der Waals surface area contributed by atoms with Crippen molar-refractivity contribution in [3.63, 3.8) is 0 Å². The van der Waals surface area contributed by atoms with Crippen LogP contribution < -0.4 is 15.5 Å². The van der Waals surface area contributed by atoms with E-state index in [0.717, 1.165) is 19.3 Å². The van der Waals surface area contributed by atoms with Gasteiger partial charge in [-0.05, 0) is 57.0 Å². The topological polar surface area (TPSA) is 125 Å². The Morgan fingerprint density at radius 3 is 2.39 bits per heavy atom. The first-order chi connectivity index (χ1) is 13.1. The summed E-state index contributed by atoms with van der Waals surface area (Å²) < 4.78 is 26.7. The van der Waals surface area contributed by atoms with E-state index in [0.29, 0.717) is 29.0 Å². The van der Waals surface area contributed by atoms with E-state index in [2.05, 4.69) is 15.5 Å². The highest BCUT2D eigenvalue weighted by Crippen LogP contribution is 2.33. The first-order valence-corrected chi connectivity index (χ1v) is 10.6. The Labute approximate surface area is 163 Å². The van der Waals surface area contributed by atoms with Crippen LogP contribution in [0.3, 0.4) is 0 Å². The van der Waals surface area contributed by atoms with Crippen molar-refractivity contribution in [1.82, 2.24) is 20.5 Å². The van der Waals surface area contributed by atoms with Crippen LogP contribution in [0.25, 0.3) is 0 Å². The van der Waals surface area contributed by atoms with Gasteiger partial charge in [-0.3, -0.25) is 15.0 Å². The lowest BCUT2D eigenvalue weighted by molar-refractivity contribution is -0.134. The second-order valence-electron chi connectivity index (χ2n) is 7.28.